The van der Waals surface area contributed by atoms with Crippen LogP contribution >= 0.6 is 0 Å². The summed E-state index contributed by atoms with van der Waals surface area (Å²) in [6.07, 6.45) is 10.2. The van der Waals surface area contributed by atoms with Gasteiger partial charge in [-0.3, -0.25) is 0 Å². The van der Waals surface area contributed by atoms with Crippen LogP contribution in [0.1, 0.15) is 86.9 Å². The van der Waals surface area contributed by atoms with Crippen molar-refractivity contribution in [1.82, 2.24) is 9.97 Å². The molecule has 3 aromatic rings. The molecule has 9 heteroatoms. The summed E-state index contributed by atoms with van der Waals surface area (Å²) >= 11 is 0. The molecular formula is C39H50N3O6-. The van der Waals surface area contributed by atoms with Crippen LogP contribution in [0.3, 0.4) is 0 Å². The van der Waals surface area contributed by atoms with Crippen molar-refractivity contribution in [1.29, 1.82) is 0 Å². The van der Waals surface area contributed by atoms with Crippen LogP contribution in [0, 0.1) is 29.6 Å². The number of nitrogens with zero attached hydrogens (tertiary/aromatic N) is 2. The molecule has 0 amide bonds. The number of nitrogen functional groups attached to an aromatic ring is 1. The Morgan fingerprint density at radius 1 is 1.06 bits per heavy atom. The number of aromatic hydroxyl groups is 1. The summed E-state index contributed by atoms with van der Waals surface area (Å²) in [4.78, 5) is 8.58. The van der Waals surface area contributed by atoms with Gasteiger partial charge in [-0.25, -0.2) is 4.98 Å². The largest absolute Gasteiger partial charge is 0.668 e. The van der Waals surface area contributed by atoms with Gasteiger partial charge >= 0.3 is 0 Å². The van der Waals surface area contributed by atoms with Crippen molar-refractivity contribution >= 4 is 5.82 Å². The molecule has 9 nitrogen and oxygen atoms in total. The molecule has 2 aliphatic rings. The molecule has 2 aliphatic carbocycles. The third-order valence-electron chi connectivity index (χ3n) is 10.0. The summed E-state index contributed by atoms with van der Waals surface area (Å²) in [5.41, 5.74) is 8.65. The molecule has 0 aliphatic heterocycles. The Kier molecular flexibility index (Phi) is 12.6. The number of allylic oxidation sites excluding steroid dienone is 2. The van der Waals surface area contributed by atoms with E-state index in [-0.39, 0.29) is 42.3 Å². The fourth-order valence-corrected chi connectivity index (χ4v) is 7.20. The smallest absolute Gasteiger partial charge is 0.161 e. The molecule has 258 valence electrons. The van der Waals surface area contributed by atoms with E-state index in [9.17, 15) is 25.5 Å². The third-order valence-corrected chi connectivity index (χ3v) is 10.0. The lowest BCUT2D eigenvalue weighted by Gasteiger charge is -2.31. The van der Waals surface area contributed by atoms with E-state index in [1.807, 2.05) is 36.4 Å². The molecule has 7 N–H and O–H groups in total. The summed E-state index contributed by atoms with van der Waals surface area (Å²) in [5.74, 6) is 6.61. The van der Waals surface area contributed by atoms with Crippen molar-refractivity contribution in [3.8, 4) is 23.3 Å². The maximum atomic E-state index is 11.5. The summed E-state index contributed by atoms with van der Waals surface area (Å²) in [6, 6.07) is 12.6. The monoisotopic (exact) mass is 656 g/mol. The number of benzene rings is 1. The van der Waals surface area contributed by atoms with Crippen LogP contribution in [0.4, 0.5) is 5.82 Å². The molecule has 0 saturated heterocycles. The van der Waals surface area contributed by atoms with E-state index in [1.165, 1.54) is 0 Å². The number of aliphatic hydroxyl groups excluding tert-OH is 4. The van der Waals surface area contributed by atoms with Crippen LogP contribution in [-0.2, 0) is 6.42 Å². The summed E-state index contributed by atoms with van der Waals surface area (Å²) in [7, 11) is 0. The molecule has 2 aromatic heterocycles. The lowest BCUT2D eigenvalue weighted by Crippen LogP contribution is -2.36. The number of hydrogen-bond acceptors (Lipinski definition) is 8. The van der Waals surface area contributed by atoms with E-state index in [0.717, 1.165) is 42.5 Å². The van der Waals surface area contributed by atoms with Crippen LogP contribution in [0.5, 0.6) is 11.5 Å². The molecule has 0 bridgehead atoms. The highest BCUT2D eigenvalue weighted by Crippen LogP contribution is 2.40. The van der Waals surface area contributed by atoms with Crippen LogP contribution in [0.2, 0.25) is 0 Å². The molecular weight excluding hydrogens is 606 g/mol. The van der Waals surface area contributed by atoms with Gasteiger partial charge in [0.05, 0.1) is 18.3 Å². The zero-order valence-corrected chi connectivity index (χ0v) is 27.7. The number of hydrogen-bond donors (Lipinski definition) is 6. The Morgan fingerprint density at radius 3 is 2.65 bits per heavy atom. The quantitative estimate of drug-likeness (QED) is 0.118. The first-order chi connectivity index (χ1) is 23.2. The van der Waals surface area contributed by atoms with Crippen molar-refractivity contribution in [2.75, 3.05) is 12.3 Å². The average Bonchev–Trinajstić information content (AvgIpc) is 3.53. The Bertz CT molecular complexity index is 1530. The van der Waals surface area contributed by atoms with Crippen molar-refractivity contribution < 1.29 is 30.3 Å². The van der Waals surface area contributed by atoms with Crippen LogP contribution in [-0.4, -0.2) is 61.5 Å². The number of aromatic nitrogens is 2. The standard InChI is InChI=1S/C39H50N3O6/c1-2-25-6-3-4-8-34(46)39-26(10-9-25)11-12-27(21-35(39)47)28-13-14-32(44)36(22-28)48-37(33(45)16-19-43)23-30(20-31-7-5-17-41-31)29-15-18-42-38(40)24-29/h5,7,11-15,17-18,22,24-27,30,33-35,37,39,43-47H,2-4,6,8,16,19-21,23H2,1H3,(H2,40,42)/q-1. The molecule has 9 unspecified atom stereocenters. The number of ether oxygens (including phenoxy) is 1. The van der Waals surface area contributed by atoms with E-state index < -0.39 is 30.3 Å². The van der Waals surface area contributed by atoms with E-state index >= 15 is 0 Å². The van der Waals surface area contributed by atoms with E-state index in [0.29, 0.717) is 37.4 Å². The molecule has 0 radical (unpaired) electrons. The second-order valence-electron chi connectivity index (χ2n) is 13.4. The maximum Gasteiger partial charge on any atom is 0.161 e. The second kappa shape index (κ2) is 17.0. The summed E-state index contributed by atoms with van der Waals surface area (Å²) in [6.45, 7) is 1.92. The van der Waals surface area contributed by atoms with Crippen molar-refractivity contribution in [2.45, 2.75) is 101 Å². The average molecular weight is 657 g/mol. The van der Waals surface area contributed by atoms with Gasteiger partial charge in [-0.15, -0.1) is 0 Å². The first-order valence-corrected chi connectivity index (χ1v) is 17.4. The van der Waals surface area contributed by atoms with Crippen molar-refractivity contribution in [2.24, 2.45) is 17.8 Å². The van der Waals surface area contributed by atoms with Crippen LogP contribution < -0.4 is 15.5 Å². The molecule has 1 aromatic carbocycles. The van der Waals surface area contributed by atoms with Crippen molar-refractivity contribution in [3.05, 3.63) is 83.8 Å². The van der Waals surface area contributed by atoms with Gasteiger partial charge < -0.3 is 41.0 Å². The van der Waals surface area contributed by atoms with E-state index in [2.05, 4.69) is 28.7 Å². The zero-order valence-electron chi connectivity index (χ0n) is 27.7. The first kappa shape index (κ1) is 35.5. The van der Waals surface area contributed by atoms with Gasteiger partial charge in [0.1, 0.15) is 11.9 Å². The number of fused-ring (bicyclic) bond motifs is 1. The van der Waals surface area contributed by atoms with E-state index in [1.54, 1.807) is 30.6 Å². The van der Waals surface area contributed by atoms with Crippen LogP contribution in [0.15, 0.2) is 67.0 Å². The minimum atomic E-state index is -1.02. The van der Waals surface area contributed by atoms with Gasteiger partial charge in [0.15, 0.2) is 11.5 Å². The maximum absolute atomic E-state index is 11.5. The number of anilines is 1. The molecule has 0 spiro atoms. The Labute approximate surface area is 283 Å². The highest BCUT2D eigenvalue weighted by molar-refractivity contribution is 5.44. The SMILES string of the molecule is CCC1C#CC2C=CC(c3ccc(O)c(OC(CC(Cc4ccc[n-]4)c4ccnc(N)c4)C(O)CCO)c3)CC(O)C2C(O)CCCC1. The normalized spacial score (nSPS) is 26.3. The minimum Gasteiger partial charge on any atom is -0.668 e. The fourth-order valence-electron chi connectivity index (χ4n) is 7.20. The van der Waals surface area contributed by atoms with Gasteiger partial charge in [0, 0.05) is 42.9 Å². The predicted molar refractivity (Wildman–Crippen MR) is 185 cm³/mol. The van der Waals surface area contributed by atoms with E-state index in [4.69, 9.17) is 10.5 Å². The van der Waals surface area contributed by atoms with Crippen molar-refractivity contribution in [3.63, 3.8) is 0 Å². The molecule has 5 rings (SSSR count). The molecule has 48 heavy (non-hydrogen) atoms. The predicted octanol–water partition coefficient (Wildman–Crippen LogP) is 4.84. The number of pyridine rings is 1. The highest BCUT2D eigenvalue weighted by atomic mass is 16.5. The number of phenols is 1. The minimum absolute atomic E-state index is 0.0819. The molecule has 9 atom stereocenters. The van der Waals surface area contributed by atoms with Gasteiger partial charge in [0.2, 0.25) is 0 Å². The topological polar surface area (TPSA) is 163 Å². The Hall–Kier alpha value is -3.81. The number of phenolic OH excluding ortho intramolecular Hbond substituents is 1. The molecule has 2 heterocycles. The Balaban J connectivity index is 1.42. The first-order valence-electron chi connectivity index (χ1n) is 17.4. The number of rotatable bonds is 12. The Morgan fingerprint density at radius 2 is 1.90 bits per heavy atom. The molecule has 0 saturated carbocycles. The lowest BCUT2D eigenvalue weighted by atomic mass is 9.79. The van der Waals surface area contributed by atoms with Gasteiger partial charge in [0.25, 0.3) is 0 Å². The fraction of sp³-hybridized carbons (Fsp3) is 0.513. The third kappa shape index (κ3) is 9.20. The molecule has 0 fully saturated rings. The highest BCUT2D eigenvalue weighted by Gasteiger charge is 2.36. The zero-order chi connectivity index (χ0) is 34.0. The van der Waals surface area contributed by atoms with Gasteiger partial charge in [-0.2, -0.15) is 11.9 Å². The number of nitrogens with two attached hydrogens (primary N) is 1. The summed E-state index contributed by atoms with van der Waals surface area (Å²) in [5, 5.41) is 54.5. The summed E-state index contributed by atoms with van der Waals surface area (Å²) < 4.78 is 6.42. The lowest BCUT2D eigenvalue weighted by molar-refractivity contribution is -0.00707. The van der Waals surface area contributed by atoms with Gasteiger partial charge in [-0.05, 0) is 79.8 Å². The second-order valence-corrected chi connectivity index (χ2v) is 13.4. The van der Waals surface area contributed by atoms with Gasteiger partial charge in [-0.1, -0.05) is 62.0 Å². The van der Waals surface area contributed by atoms with Crippen LogP contribution in [0.25, 0.3) is 0 Å². The number of aliphatic hydroxyl groups is 4.